The van der Waals surface area contributed by atoms with Gasteiger partial charge in [-0.2, -0.15) is 0 Å². The molecule has 20 heavy (non-hydrogen) atoms. The van der Waals surface area contributed by atoms with Crippen LogP contribution in [0.5, 0.6) is 0 Å². The van der Waals surface area contributed by atoms with Gasteiger partial charge in [-0.3, -0.25) is 9.59 Å². The molecule has 1 aromatic carbocycles. The summed E-state index contributed by atoms with van der Waals surface area (Å²) in [6.45, 7) is 0.291. The Bertz CT molecular complexity index is 529. The van der Waals surface area contributed by atoms with Gasteiger partial charge in [-0.1, -0.05) is 23.2 Å². The highest BCUT2D eigenvalue weighted by Crippen LogP contribution is 2.21. The van der Waals surface area contributed by atoms with E-state index in [2.05, 4.69) is 4.74 Å². The lowest BCUT2D eigenvalue weighted by atomic mass is 10.2. The van der Waals surface area contributed by atoms with Crippen LogP contribution >= 0.6 is 23.2 Å². The Morgan fingerprint density at radius 2 is 2.05 bits per heavy atom. The third kappa shape index (κ3) is 5.23. The molecule has 6 heteroatoms. The number of benzene rings is 1. The molecule has 0 heterocycles. The van der Waals surface area contributed by atoms with Crippen LogP contribution < -0.4 is 0 Å². The maximum atomic E-state index is 11.8. The molecule has 0 aliphatic rings. The zero-order chi connectivity index (χ0) is 15.1. The SMILES string of the molecule is COC(=O)CCN(C)C(=O)C=Cc1cc(Cl)ccc1Cl. The number of hydrogen-bond acceptors (Lipinski definition) is 3. The molecule has 0 bridgehead atoms. The van der Waals surface area contributed by atoms with Crippen LogP contribution in [-0.4, -0.2) is 37.5 Å². The maximum absolute atomic E-state index is 11.8. The highest BCUT2D eigenvalue weighted by molar-refractivity contribution is 6.34. The van der Waals surface area contributed by atoms with Crippen molar-refractivity contribution >= 4 is 41.2 Å². The van der Waals surface area contributed by atoms with Crippen LogP contribution in [0.25, 0.3) is 6.08 Å². The Kier molecular flexibility index (Phi) is 6.55. The molecule has 0 unspecified atom stereocenters. The smallest absolute Gasteiger partial charge is 0.307 e. The van der Waals surface area contributed by atoms with E-state index in [1.807, 2.05) is 0 Å². The second kappa shape index (κ2) is 7.92. The van der Waals surface area contributed by atoms with Crippen molar-refractivity contribution < 1.29 is 14.3 Å². The zero-order valence-corrected chi connectivity index (χ0v) is 12.7. The zero-order valence-electron chi connectivity index (χ0n) is 11.2. The molecule has 0 atom stereocenters. The van der Waals surface area contributed by atoms with Crippen molar-refractivity contribution in [2.75, 3.05) is 20.7 Å². The Morgan fingerprint density at radius 1 is 1.35 bits per heavy atom. The number of carbonyl (C=O) groups excluding carboxylic acids is 2. The first kappa shape index (κ1) is 16.5. The van der Waals surface area contributed by atoms with Gasteiger partial charge in [-0.25, -0.2) is 0 Å². The Labute approximate surface area is 127 Å². The molecule has 0 aromatic heterocycles. The van der Waals surface area contributed by atoms with Gasteiger partial charge in [0.15, 0.2) is 0 Å². The molecular formula is C14H15Cl2NO3. The van der Waals surface area contributed by atoms with E-state index in [0.717, 1.165) is 0 Å². The molecule has 0 saturated carbocycles. The van der Waals surface area contributed by atoms with E-state index in [1.54, 1.807) is 31.3 Å². The number of rotatable bonds is 5. The predicted molar refractivity (Wildman–Crippen MR) is 79.8 cm³/mol. The minimum Gasteiger partial charge on any atom is -0.469 e. The topological polar surface area (TPSA) is 46.6 Å². The number of hydrogen-bond donors (Lipinski definition) is 0. The number of carbonyl (C=O) groups is 2. The normalized spacial score (nSPS) is 10.6. The molecule has 1 amide bonds. The lowest BCUT2D eigenvalue weighted by Gasteiger charge is -2.13. The number of likely N-dealkylation sites (N-methyl/N-ethyl adjacent to an activating group) is 1. The number of methoxy groups -OCH3 is 1. The molecular weight excluding hydrogens is 301 g/mol. The Balaban J connectivity index is 2.62. The monoisotopic (exact) mass is 315 g/mol. The van der Waals surface area contributed by atoms with Gasteiger partial charge in [0.05, 0.1) is 13.5 Å². The van der Waals surface area contributed by atoms with Crippen molar-refractivity contribution in [3.05, 3.63) is 39.9 Å². The average Bonchev–Trinajstić information content (AvgIpc) is 2.44. The fraction of sp³-hybridized carbons (Fsp3) is 0.286. The van der Waals surface area contributed by atoms with E-state index in [1.165, 1.54) is 18.1 Å². The van der Waals surface area contributed by atoms with Gasteiger partial charge >= 0.3 is 5.97 Å². The van der Waals surface area contributed by atoms with E-state index in [-0.39, 0.29) is 18.3 Å². The maximum Gasteiger partial charge on any atom is 0.307 e. The molecule has 1 rings (SSSR count). The Morgan fingerprint density at radius 3 is 2.70 bits per heavy atom. The quantitative estimate of drug-likeness (QED) is 0.620. The molecule has 4 nitrogen and oxygen atoms in total. The summed E-state index contributed by atoms with van der Waals surface area (Å²) >= 11 is 11.8. The first-order valence-electron chi connectivity index (χ1n) is 5.89. The number of halogens is 2. The first-order valence-corrected chi connectivity index (χ1v) is 6.64. The number of esters is 1. The fourth-order valence-electron chi connectivity index (χ4n) is 1.40. The molecule has 0 aliphatic carbocycles. The standard InChI is InChI=1S/C14H15Cl2NO3/c1-17(8-7-14(19)20-2)13(18)6-3-10-9-11(15)4-5-12(10)16/h3-6,9H,7-8H2,1-2H3. The number of ether oxygens (including phenoxy) is 1. The molecule has 0 radical (unpaired) electrons. The largest absolute Gasteiger partial charge is 0.469 e. The van der Waals surface area contributed by atoms with Crippen LogP contribution in [-0.2, 0) is 14.3 Å². The van der Waals surface area contributed by atoms with Crippen molar-refractivity contribution in [1.29, 1.82) is 0 Å². The molecule has 0 N–H and O–H groups in total. The van der Waals surface area contributed by atoms with E-state index < -0.39 is 0 Å². The first-order chi connectivity index (χ1) is 9.43. The molecule has 0 fully saturated rings. The summed E-state index contributed by atoms with van der Waals surface area (Å²) < 4.78 is 4.51. The van der Waals surface area contributed by atoms with Gasteiger partial charge in [-0.05, 0) is 29.8 Å². The van der Waals surface area contributed by atoms with E-state index in [0.29, 0.717) is 22.2 Å². The third-order valence-electron chi connectivity index (χ3n) is 2.62. The van der Waals surface area contributed by atoms with Gasteiger partial charge in [0.1, 0.15) is 0 Å². The van der Waals surface area contributed by atoms with Crippen LogP contribution in [0.2, 0.25) is 10.0 Å². The molecule has 0 saturated heterocycles. The number of nitrogens with zero attached hydrogens (tertiary/aromatic N) is 1. The number of amides is 1. The van der Waals surface area contributed by atoms with Crippen molar-refractivity contribution in [3.8, 4) is 0 Å². The van der Waals surface area contributed by atoms with Crippen LogP contribution in [0.15, 0.2) is 24.3 Å². The summed E-state index contributed by atoms with van der Waals surface area (Å²) in [6.07, 6.45) is 3.13. The second-order valence-corrected chi connectivity index (χ2v) is 4.93. The summed E-state index contributed by atoms with van der Waals surface area (Å²) in [5, 5.41) is 1.05. The van der Waals surface area contributed by atoms with Crippen LogP contribution in [0.4, 0.5) is 0 Å². The van der Waals surface area contributed by atoms with Crippen LogP contribution in [0, 0.1) is 0 Å². The predicted octanol–water partition coefficient (Wildman–Crippen LogP) is 3.03. The van der Waals surface area contributed by atoms with E-state index >= 15 is 0 Å². The summed E-state index contributed by atoms with van der Waals surface area (Å²) in [6, 6.07) is 5.00. The van der Waals surface area contributed by atoms with Crippen LogP contribution in [0.3, 0.4) is 0 Å². The minimum absolute atomic E-state index is 0.157. The third-order valence-corrected chi connectivity index (χ3v) is 3.20. The lowest BCUT2D eigenvalue weighted by Crippen LogP contribution is -2.27. The van der Waals surface area contributed by atoms with Gasteiger partial charge in [0.25, 0.3) is 0 Å². The summed E-state index contributed by atoms with van der Waals surface area (Å²) in [5.74, 6) is -0.587. The lowest BCUT2D eigenvalue weighted by molar-refractivity contribution is -0.141. The highest BCUT2D eigenvalue weighted by Gasteiger charge is 2.08. The fourth-order valence-corrected chi connectivity index (χ4v) is 1.76. The average molecular weight is 316 g/mol. The van der Waals surface area contributed by atoms with Crippen molar-refractivity contribution in [2.24, 2.45) is 0 Å². The van der Waals surface area contributed by atoms with Gasteiger partial charge in [-0.15, -0.1) is 0 Å². The van der Waals surface area contributed by atoms with Crippen molar-refractivity contribution in [2.45, 2.75) is 6.42 Å². The van der Waals surface area contributed by atoms with Gasteiger partial charge < -0.3 is 9.64 Å². The minimum atomic E-state index is -0.355. The molecule has 0 aliphatic heterocycles. The van der Waals surface area contributed by atoms with E-state index in [9.17, 15) is 9.59 Å². The summed E-state index contributed by atoms with van der Waals surface area (Å²) in [5.41, 5.74) is 0.661. The Hall–Kier alpha value is -1.52. The van der Waals surface area contributed by atoms with Gasteiger partial charge in [0, 0.05) is 29.7 Å². The molecule has 1 aromatic rings. The molecule has 0 spiro atoms. The second-order valence-electron chi connectivity index (χ2n) is 4.09. The summed E-state index contributed by atoms with van der Waals surface area (Å²) in [7, 11) is 2.92. The van der Waals surface area contributed by atoms with Crippen molar-refractivity contribution in [1.82, 2.24) is 4.90 Å². The highest BCUT2D eigenvalue weighted by atomic mass is 35.5. The molecule has 108 valence electrons. The van der Waals surface area contributed by atoms with Crippen molar-refractivity contribution in [3.63, 3.8) is 0 Å². The summed E-state index contributed by atoms with van der Waals surface area (Å²) in [4.78, 5) is 24.2. The van der Waals surface area contributed by atoms with Gasteiger partial charge in [0.2, 0.25) is 5.91 Å². The van der Waals surface area contributed by atoms with E-state index in [4.69, 9.17) is 23.2 Å². The van der Waals surface area contributed by atoms with Crippen LogP contribution in [0.1, 0.15) is 12.0 Å².